The molecular weight excluding hydrogens is 280 g/mol. The van der Waals surface area contributed by atoms with Crippen LogP contribution in [0.4, 0.5) is 11.4 Å². The first-order valence-electron chi connectivity index (χ1n) is 9.07. The van der Waals surface area contributed by atoms with Crippen LogP contribution in [-0.4, -0.2) is 13.1 Å². The summed E-state index contributed by atoms with van der Waals surface area (Å²) in [5.41, 5.74) is 9.86. The number of fused-ring (bicyclic) bond motifs is 2. The fourth-order valence-electron chi connectivity index (χ4n) is 3.74. The molecule has 126 valence electrons. The van der Waals surface area contributed by atoms with Crippen LogP contribution in [0.5, 0.6) is 0 Å². The first-order valence-corrected chi connectivity index (χ1v) is 9.07. The van der Waals surface area contributed by atoms with Crippen molar-refractivity contribution in [3.8, 4) is 11.1 Å². The Bertz CT molecular complexity index is 699. The maximum atomic E-state index is 3.63. The van der Waals surface area contributed by atoms with Gasteiger partial charge >= 0.3 is 0 Å². The number of hydrogen-bond acceptors (Lipinski definition) is 2. The highest BCUT2D eigenvalue weighted by Gasteiger charge is 2.19. The van der Waals surface area contributed by atoms with Crippen LogP contribution in [0, 0.1) is 6.92 Å². The lowest BCUT2D eigenvalue weighted by atomic mass is 9.88. The smallest absolute Gasteiger partial charge is 0.0452 e. The largest absolute Gasteiger partial charge is 0.385 e. The van der Waals surface area contributed by atoms with Crippen LogP contribution < -0.4 is 10.6 Å². The van der Waals surface area contributed by atoms with Crippen molar-refractivity contribution in [3.63, 3.8) is 0 Å². The average Bonchev–Trinajstić information content (AvgIpc) is 2.64. The number of aryl methyl sites for hydroxylation is 2. The maximum Gasteiger partial charge on any atom is 0.0452 e. The number of nitrogens with one attached hydrogen (secondary N) is 2. The van der Waals surface area contributed by atoms with Gasteiger partial charge in [-0.05, 0) is 54.9 Å². The quantitative estimate of drug-likeness (QED) is 0.685. The van der Waals surface area contributed by atoms with Crippen molar-refractivity contribution < 1.29 is 2.85 Å². The highest BCUT2D eigenvalue weighted by molar-refractivity contribution is 5.86. The lowest BCUT2D eigenvalue weighted by Crippen LogP contribution is -2.15. The zero-order chi connectivity index (χ0) is 16.2. The van der Waals surface area contributed by atoms with Gasteiger partial charge in [-0.2, -0.15) is 0 Å². The molecule has 2 aliphatic heterocycles. The van der Waals surface area contributed by atoms with Gasteiger partial charge in [0, 0.05) is 32.9 Å². The third-order valence-corrected chi connectivity index (χ3v) is 4.79. The number of anilines is 2. The molecule has 2 N–H and O–H groups in total. The van der Waals surface area contributed by atoms with Crippen molar-refractivity contribution in [1.82, 2.24) is 0 Å². The number of hydrogen-bond donors (Lipinski definition) is 2. The van der Waals surface area contributed by atoms with E-state index in [4.69, 9.17) is 0 Å². The molecule has 0 amide bonds. The van der Waals surface area contributed by atoms with Gasteiger partial charge in [-0.25, -0.2) is 0 Å². The molecule has 0 aromatic heterocycles. The van der Waals surface area contributed by atoms with Gasteiger partial charge in [0.1, 0.15) is 0 Å². The fourth-order valence-corrected chi connectivity index (χ4v) is 3.74. The summed E-state index contributed by atoms with van der Waals surface area (Å²) in [4.78, 5) is 0. The molecule has 0 saturated heterocycles. The van der Waals surface area contributed by atoms with Crippen molar-refractivity contribution in [2.75, 3.05) is 23.7 Å². The Labute approximate surface area is 143 Å². The summed E-state index contributed by atoms with van der Waals surface area (Å²) in [5, 5.41) is 7.23. The highest BCUT2D eigenvalue weighted by atomic mass is 14.9. The molecule has 2 heterocycles. The minimum Gasteiger partial charge on any atom is -0.385 e. The predicted molar refractivity (Wildman–Crippen MR) is 106 cm³/mol. The van der Waals surface area contributed by atoms with Crippen LogP contribution in [0.25, 0.3) is 11.1 Å². The van der Waals surface area contributed by atoms with Crippen LogP contribution >= 0.6 is 0 Å². The van der Waals surface area contributed by atoms with Gasteiger partial charge in [0.25, 0.3) is 0 Å². The monoisotopic (exact) mass is 312 g/mol. The molecule has 0 unspecified atom stereocenters. The minimum atomic E-state index is 0. The second-order valence-electron chi connectivity index (χ2n) is 6.18. The van der Waals surface area contributed by atoms with E-state index in [9.17, 15) is 0 Å². The van der Waals surface area contributed by atoms with E-state index in [1.54, 1.807) is 0 Å². The fraction of sp³-hybridized carbons (Fsp3) is 0.429. The molecule has 4 rings (SSSR count). The summed E-state index contributed by atoms with van der Waals surface area (Å²) < 4.78 is 0. The Morgan fingerprint density at radius 2 is 1.57 bits per heavy atom. The summed E-state index contributed by atoms with van der Waals surface area (Å²) in [5.74, 6) is 0. The molecule has 2 aromatic carbocycles. The van der Waals surface area contributed by atoms with E-state index >= 15 is 0 Å². The summed E-state index contributed by atoms with van der Waals surface area (Å²) in [6, 6.07) is 11.3. The summed E-state index contributed by atoms with van der Waals surface area (Å²) in [7, 11) is 0. The van der Waals surface area contributed by atoms with Crippen LogP contribution in [-0.2, 0) is 12.8 Å². The number of benzene rings is 2. The molecule has 0 spiro atoms. The second kappa shape index (κ2) is 7.08. The Morgan fingerprint density at radius 3 is 2.39 bits per heavy atom. The molecule has 0 fully saturated rings. The van der Waals surface area contributed by atoms with Crippen LogP contribution in [0.3, 0.4) is 0 Å². The third-order valence-electron chi connectivity index (χ3n) is 4.79. The molecule has 0 radical (unpaired) electrons. The summed E-state index contributed by atoms with van der Waals surface area (Å²) in [6.07, 6.45) is 4.85. The van der Waals surface area contributed by atoms with Crippen molar-refractivity contribution in [2.45, 2.75) is 46.5 Å². The van der Waals surface area contributed by atoms with Gasteiger partial charge in [0.15, 0.2) is 0 Å². The van der Waals surface area contributed by atoms with E-state index in [0.717, 1.165) is 13.1 Å². The van der Waals surface area contributed by atoms with Crippen LogP contribution in [0.2, 0.25) is 0 Å². The zero-order valence-electron chi connectivity index (χ0n) is 14.6. The zero-order valence-corrected chi connectivity index (χ0v) is 14.6. The molecule has 2 nitrogen and oxygen atoms in total. The average molecular weight is 313 g/mol. The Balaban J connectivity index is 0.000000755. The SMILES string of the molecule is CC.Cc1ccc(-c2cccc3c2NCCC3)c2c1NCCC2.[HH].[HH]. The first kappa shape index (κ1) is 15.9. The van der Waals surface area contributed by atoms with E-state index in [1.165, 1.54) is 64.9 Å². The molecule has 2 aliphatic rings. The van der Waals surface area contributed by atoms with Gasteiger partial charge in [0.2, 0.25) is 0 Å². The van der Waals surface area contributed by atoms with Gasteiger partial charge in [0.05, 0.1) is 0 Å². The van der Waals surface area contributed by atoms with Crippen molar-refractivity contribution in [3.05, 3.63) is 47.0 Å². The van der Waals surface area contributed by atoms with E-state index < -0.39 is 0 Å². The normalized spacial score (nSPS) is 15.3. The van der Waals surface area contributed by atoms with Crippen LogP contribution in [0.1, 0.15) is 46.2 Å². The molecular formula is C21H32N2. The maximum absolute atomic E-state index is 3.63. The van der Waals surface area contributed by atoms with E-state index in [1.807, 2.05) is 13.8 Å². The van der Waals surface area contributed by atoms with Crippen molar-refractivity contribution >= 4 is 11.4 Å². The molecule has 0 aliphatic carbocycles. The van der Waals surface area contributed by atoms with Gasteiger partial charge in [-0.3, -0.25) is 0 Å². The lowest BCUT2D eigenvalue weighted by Gasteiger charge is -2.26. The highest BCUT2D eigenvalue weighted by Crippen LogP contribution is 2.40. The van der Waals surface area contributed by atoms with Gasteiger partial charge in [-0.15, -0.1) is 0 Å². The predicted octanol–water partition coefficient (Wildman–Crippen LogP) is 5.90. The van der Waals surface area contributed by atoms with Crippen molar-refractivity contribution in [2.24, 2.45) is 0 Å². The van der Waals surface area contributed by atoms with E-state index in [0.29, 0.717) is 0 Å². The number of rotatable bonds is 1. The molecule has 0 saturated carbocycles. The molecule has 0 atom stereocenters. The topological polar surface area (TPSA) is 24.1 Å². The lowest BCUT2D eigenvalue weighted by molar-refractivity contribution is 0.825. The van der Waals surface area contributed by atoms with Crippen molar-refractivity contribution in [1.29, 1.82) is 0 Å². The van der Waals surface area contributed by atoms with E-state index in [2.05, 4.69) is 47.9 Å². The Kier molecular flexibility index (Phi) is 4.90. The molecule has 0 bridgehead atoms. The first-order chi connectivity index (χ1) is 11.3. The summed E-state index contributed by atoms with van der Waals surface area (Å²) >= 11 is 0. The van der Waals surface area contributed by atoms with Crippen LogP contribution in [0.15, 0.2) is 30.3 Å². The minimum absolute atomic E-state index is 0. The molecule has 23 heavy (non-hydrogen) atoms. The van der Waals surface area contributed by atoms with Gasteiger partial charge in [-0.1, -0.05) is 44.2 Å². The standard InChI is InChI=1S/C19H22N2.C2H6.2H2/c1-13-9-10-15(16-8-4-12-20-18(13)16)17-7-2-5-14-6-3-11-21-19(14)17;1-2;;/h2,5,7,9-10,20-21H,3-4,6,8,11-12H2,1H3;1-2H3;2*1H. The third kappa shape index (κ3) is 2.95. The molecule has 2 aromatic rings. The van der Waals surface area contributed by atoms with E-state index in [-0.39, 0.29) is 2.85 Å². The number of para-hydroxylation sites is 1. The summed E-state index contributed by atoms with van der Waals surface area (Å²) in [6.45, 7) is 8.40. The van der Waals surface area contributed by atoms with Gasteiger partial charge < -0.3 is 10.6 Å². The second-order valence-corrected chi connectivity index (χ2v) is 6.18. The Hall–Kier alpha value is -1.96. The molecule has 2 heteroatoms. The Morgan fingerprint density at radius 1 is 0.826 bits per heavy atom.